The Morgan fingerprint density at radius 2 is 1.78 bits per heavy atom. The van der Waals surface area contributed by atoms with Crippen molar-refractivity contribution in [2.45, 2.75) is 51.6 Å². The Bertz CT molecular complexity index is 681. The van der Waals surface area contributed by atoms with E-state index in [1.165, 1.54) is 16.0 Å². The first-order chi connectivity index (χ1) is 12.9. The lowest BCUT2D eigenvalue weighted by molar-refractivity contribution is -1.02. The van der Waals surface area contributed by atoms with E-state index >= 15 is 0 Å². The summed E-state index contributed by atoms with van der Waals surface area (Å²) in [6, 6.07) is 11.3. The molecule has 3 rings (SSSR count). The van der Waals surface area contributed by atoms with Gasteiger partial charge in [0.25, 0.3) is 5.91 Å². The molecule has 1 heterocycles. The average molecular weight is 371 g/mol. The van der Waals surface area contributed by atoms with E-state index in [1.54, 1.807) is 4.90 Å². The number of carbonyl (C=O) groups excluding carboxylic acids is 1. The summed E-state index contributed by atoms with van der Waals surface area (Å²) in [6.45, 7) is 12.1. The van der Waals surface area contributed by atoms with Gasteiger partial charge in [-0.25, -0.2) is 0 Å². The van der Waals surface area contributed by atoms with Crippen LogP contribution in [0.1, 0.15) is 50.7 Å². The van der Waals surface area contributed by atoms with Gasteiger partial charge in [0, 0.05) is 5.56 Å². The first kappa shape index (κ1) is 19.9. The molecule has 0 unspecified atom stereocenters. The SMILES string of the molecule is CC(C)c1ccc(C[NH+]2CC[NH+](CC(=O)N[C@@](C)(C#N)C3CC3)CC2)cc1. The van der Waals surface area contributed by atoms with Crippen molar-refractivity contribution in [2.24, 2.45) is 5.92 Å². The normalized spacial score (nSPS) is 24.9. The first-order valence-electron chi connectivity index (χ1n) is 10.4. The van der Waals surface area contributed by atoms with E-state index in [4.69, 9.17) is 0 Å². The molecule has 27 heavy (non-hydrogen) atoms. The summed E-state index contributed by atoms with van der Waals surface area (Å²) in [6.07, 6.45) is 2.11. The summed E-state index contributed by atoms with van der Waals surface area (Å²) >= 11 is 0. The topological polar surface area (TPSA) is 61.8 Å². The van der Waals surface area contributed by atoms with E-state index in [0.717, 1.165) is 45.6 Å². The minimum Gasteiger partial charge on any atom is -0.333 e. The molecule has 1 aromatic carbocycles. The Balaban J connectivity index is 1.42. The van der Waals surface area contributed by atoms with Gasteiger partial charge in [0.2, 0.25) is 0 Å². The number of quaternary nitrogens is 2. The van der Waals surface area contributed by atoms with Crippen molar-refractivity contribution < 1.29 is 14.6 Å². The molecule has 5 nitrogen and oxygen atoms in total. The van der Waals surface area contributed by atoms with Crippen molar-refractivity contribution in [1.82, 2.24) is 5.32 Å². The highest BCUT2D eigenvalue weighted by molar-refractivity contribution is 5.78. The van der Waals surface area contributed by atoms with Crippen LogP contribution in [0.2, 0.25) is 0 Å². The smallest absolute Gasteiger partial charge is 0.276 e. The van der Waals surface area contributed by atoms with E-state index in [1.807, 2.05) is 6.92 Å². The Morgan fingerprint density at radius 3 is 2.30 bits per heavy atom. The van der Waals surface area contributed by atoms with Crippen LogP contribution >= 0.6 is 0 Å². The monoisotopic (exact) mass is 370 g/mol. The van der Waals surface area contributed by atoms with Gasteiger partial charge in [0.15, 0.2) is 6.54 Å². The molecule has 0 radical (unpaired) electrons. The van der Waals surface area contributed by atoms with Gasteiger partial charge < -0.3 is 15.1 Å². The van der Waals surface area contributed by atoms with Crippen molar-refractivity contribution >= 4 is 5.91 Å². The van der Waals surface area contributed by atoms with Crippen LogP contribution in [-0.4, -0.2) is 44.2 Å². The summed E-state index contributed by atoms with van der Waals surface area (Å²) in [7, 11) is 0. The van der Waals surface area contributed by atoms with Crippen molar-refractivity contribution in [1.29, 1.82) is 5.26 Å². The van der Waals surface area contributed by atoms with Gasteiger partial charge in [-0.05, 0) is 37.2 Å². The minimum absolute atomic E-state index is 0.0219. The molecule has 0 spiro atoms. The summed E-state index contributed by atoms with van der Waals surface area (Å²) in [4.78, 5) is 15.3. The molecule has 0 aromatic heterocycles. The average Bonchev–Trinajstić information content (AvgIpc) is 3.49. The molecule has 5 heteroatoms. The van der Waals surface area contributed by atoms with Gasteiger partial charge >= 0.3 is 0 Å². The second-order valence-electron chi connectivity index (χ2n) is 8.89. The van der Waals surface area contributed by atoms with Crippen LogP contribution in [0.15, 0.2) is 24.3 Å². The fourth-order valence-electron chi connectivity index (χ4n) is 4.06. The Morgan fingerprint density at radius 1 is 1.19 bits per heavy atom. The molecule has 1 atom stereocenters. The van der Waals surface area contributed by atoms with Crippen molar-refractivity contribution in [3.8, 4) is 6.07 Å². The molecular weight excluding hydrogens is 336 g/mol. The highest BCUT2D eigenvalue weighted by atomic mass is 16.2. The molecule has 1 saturated heterocycles. The molecule has 1 aliphatic heterocycles. The number of carbonyl (C=O) groups is 1. The lowest BCUT2D eigenvalue weighted by Crippen LogP contribution is -3.28. The summed E-state index contributed by atoms with van der Waals surface area (Å²) in [5.74, 6) is 0.936. The van der Waals surface area contributed by atoms with Gasteiger partial charge in [-0.3, -0.25) is 4.79 Å². The van der Waals surface area contributed by atoms with E-state index < -0.39 is 5.54 Å². The fourth-order valence-corrected chi connectivity index (χ4v) is 4.06. The maximum atomic E-state index is 12.4. The summed E-state index contributed by atoms with van der Waals surface area (Å²) < 4.78 is 0. The van der Waals surface area contributed by atoms with Crippen LogP contribution in [0.25, 0.3) is 0 Å². The Hall–Kier alpha value is -1.90. The highest BCUT2D eigenvalue weighted by Crippen LogP contribution is 2.39. The van der Waals surface area contributed by atoms with Crippen LogP contribution in [0.4, 0.5) is 0 Å². The number of amides is 1. The molecule has 1 aliphatic carbocycles. The number of hydrogen-bond donors (Lipinski definition) is 3. The molecule has 1 amide bonds. The molecule has 2 aliphatic rings. The number of benzene rings is 1. The third-order valence-corrected chi connectivity index (χ3v) is 6.20. The van der Waals surface area contributed by atoms with Crippen molar-refractivity contribution in [2.75, 3.05) is 32.7 Å². The van der Waals surface area contributed by atoms with E-state index in [2.05, 4.69) is 49.5 Å². The van der Waals surface area contributed by atoms with Crippen LogP contribution in [-0.2, 0) is 11.3 Å². The van der Waals surface area contributed by atoms with Crippen LogP contribution in [0.5, 0.6) is 0 Å². The number of piperazine rings is 1. The van der Waals surface area contributed by atoms with Gasteiger partial charge in [0.05, 0.1) is 6.07 Å². The molecule has 1 aromatic rings. The number of hydrogen-bond acceptors (Lipinski definition) is 2. The predicted octanol–water partition coefficient (Wildman–Crippen LogP) is -0.0981. The van der Waals surface area contributed by atoms with E-state index in [0.29, 0.717) is 18.4 Å². The maximum absolute atomic E-state index is 12.4. The predicted molar refractivity (Wildman–Crippen MR) is 105 cm³/mol. The number of nitrogens with one attached hydrogen (secondary N) is 3. The summed E-state index contributed by atoms with van der Waals surface area (Å²) in [5.41, 5.74) is 2.11. The lowest BCUT2D eigenvalue weighted by atomic mass is 9.98. The van der Waals surface area contributed by atoms with E-state index in [9.17, 15) is 10.1 Å². The third-order valence-electron chi connectivity index (χ3n) is 6.20. The molecule has 3 N–H and O–H groups in total. The zero-order valence-electron chi connectivity index (χ0n) is 17.0. The molecule has 0 bridgehead atoms. The standard InChI is InChI=1S/C22H32N4O/c1-17(2)19-6-4-18(5-7-19)14-25-10-12-26(13-11-25)15-21(27)24-22(3,16-23)20-8-9-20/h4-7,17,20H,8-15H2,1-3H3,(H,24,27)/p+2/t22-/m0/s1. The quantitative estimate of drug-likeness (QED) is 0.628. The largest absolute Gasteiger partial charge is 0.333 e. The lowest BCUT2D eigenvalue weighted by Gasteiger charge is -2.30. The molecule has 2 fully saturated rings. The van der Waals surface area contributed by atoms with Gasteiger partial charge in [-0.1, -0.05) is 38.1 Å². The van der Waals surface area contributed by atoms with E-state index in [-0.39, 0.29) is 5.91 Å². The van der Waals surface area contributed by atoms with Crippen LogP contribution in [0.3, 0.4) is 0 Å². The third kappa shape index (κ3) is 5.31. The van der Waals surface area contributed by atoms with Gasteiger partial charge in [0.1, 0.15) is 38.3 Å². The maximum Gasteiger partial charge on any atom is 0.276 e. The van der Waals surface area contributed by atoms with Crippen molar-refractivity contribution in [3.63, 3.8) is 0 Å². The zero-order chi connectivity index (χ0) is 19.4. The minimum atomic E-state index is -0.675. The van der Waals surface area contributed by atoms with Crippen molar-refractivity contribution in [3.05, 3.63) is 35.4 Å². The second-order valence-corrected chi connectivity index (χ2v) is 8.89. The van der Waals surface area contributed by atoms with Gasteiger partial charge in [-0.15, -0.1) is 0 Å². The number of nitriles is 1. The van der Waals surface area contributed by atoms with Crippen LogP contribution in [0, 0.1) is 17.2 Å². The first-order valence-corrected chi connectivity index (χ1v) is 10.4. The number of rotatable bonds is 7. The molecule has 146 valence electrons. The Labute approximate surface area is 163 Å². The Kier molecular flexibility index (Phi) is 6.18. The summed E-state index contributed by atoms with van der Waals surface area (Å²) in [5, 5.41) is 12.4. The molecular formula is C22H34N4O+2. The number of nitrogens with zero attached hydrogens (tertiary/aromatic N) is 1. The zero-order valence-corrected chi connectivity index (χ0v) is 17.0. The van der Waals surface area contributed by atoms with Crippen LogP contribution < -0.4 is 15.1 Å². The molecule has 1 saturated carbocycles. The van der Waals surface area contributed by atoms with Gasteiger partial charge in [-0.2, -0.15) is 5.26 Å². The highest BCUT2D eigenvalue weighted by Gasteiger charge is 2.43. The second kappa shape index (κ2) is 8.41. The fraction of sp³-hybridized carbons (Fsp3) is 0.636.